The molecule has 4 atom stereocenters. The average Bonchev–Trinajstić information content (AvgIpc) is 3.22. The van der Waals surface area contributed by atoms with E-state index in [9.17, 15) is 4.79 Å². The lowest BCUT2D eigenvalue weighted by atomic mass is 9.84. The van der Waals surface area contributed by atoms with E-state index in [1.54, 1.807) is 0 Å². The minimum Gasteiger partial charge on any atom is -0.493 e. The Morgan fingerprint density at radius 3 is 3.05 bits per heavy atom. The number of rotatable bonds is 4. The van der Waals surface area contributed by atoms with Crippen LogP contribution in [0.4, 0.5) is 0 Å². The van der Waals surface area contributed by atoms with Crippen molar-refractivity contribution in [1.82, 2.24) is 5.32 Å². The molecule has 1 heterocycles. The third-order valence-electron chi connectivity index (χ3n) is 5.94. The number of fused-ring (bicyclic) bond motifs is 3. The zero-order chi connectivity index (χ0) is 15.1. The van der Waals surface area contributed by atoms with E-state index in [1.165, 1.54) is 31.2 Å². The van der Waals surface area contributed by atoms with Crippen molar-refractivity contribution in [3.05, 3.63) is 29.3 Å². The molecule has 22 heavy (non-hydrogen) atoms. The first-order chi connectivity index (χ1) is 10.7. The van der Waals surface area contributed by atoms with Crippen LogP contribution >= 0.6 is 0 Å². The third kappa shape index (κ3) is 2.62. The highest BCUT2D eigenvalue weighted by atomic mass is 16.5. The van der Waals surface area contributed by atoms with E-state index < -0.39 is 0 Å². The molecule has 0 radical (unpaired) electrons. The zero-order valence-electron chi connectivity index (χ0n) is 13.3. The topological polar surface area (TPSA) is 38.3 Å². The number of nitrogens with one attached hydrogen (secondary N) is 1. The van der Waals surface area contributed by atoms with Crippen LogP contribution in [-0.2, 0) is 17.6 Å². The van der Waals surface area contributed by atoms with Gasteiger partial charge in [0.2, 0.25) is 5.91 Å². The normalized spacial score (nSPS) is 30.0. The largest absolute Gasteiger partial charge is 0.493 e. The van der Waals surface area contributed by atoms with Crippen molar-refractivity contribution < 1.29 is 9.53 Å². The molecule has 1 aliphatic heterocycles. The number of carbonyl (C=O) groups is 1. The van der Waals surface area contributed by atoms with Gasteiger partial charge >= 0.3 is 0 Å². The molecule has 0 aromatic heterocycles. The van der Waals surface area contributed by atoms with Crippen LogP contribution in [-0.4, -0.2) is 18.6 Å². The molecule has 1 amide bonds. The summed E-state index contributed by atoms with van der Waals surface area (Å²) in [6.45, 7) is 2.96. The van der Waals surface area contributed by atoms with Crippen LogP contribution in [0.2, 0.25) is 0 Å². The van der Waals surface area contributed by atoms with Gasteiger partial charge in [-0.05, 0) is 61.1 Å². The molecule has 1 aromatic rings. The summed E-state index contributed by atoms with van der Waals surface area (Å²) < 4.78 is 5.52. The van der Waals surface area contributed by atoms with Gasteiger partial charge < -0.3 is 10.1 Å². The maximum Gasteiger partial charge on any atom is 0.224 e. The van der Waals surface area contributed by atoms with Gasteiger partial charge in [0.15, 0.2) is 0 Å². The maximum absolute atomic E-state index is 12.3. The van der Waals surface area contributed by atoms with Crippen molar-refractivity contribution in [3.8, 4) is 5.75 Å². The van der Waals surface area contributed by atoms with Crippen LogP contribution in [0.15, 0.2) is 18.2 Å². The van der Waals surface area contributed by atoms with E-state index >= 15 is 0 Å². The van der Waals surface area contributed by atoms with Gasteiger partial charge in [0.25, 0.3) is 0 Å². The second-order valence-corrected chi connectivity index (χ2v) is 7.41. The van der Waals surface area contributed by atoms with E-state index in [0.29, 0.717) is 18.4 Å². The summed E-state index contributed by atoms with van der Waals surface area (Å²) in [4.78, 5) is 12.3. The van der Waals surface area contributed by atoms with Gasteiger partial charge in [-0.15, -0.1) is 0 Å². The minimum absolute atomic E-state index is 0.161. The fourth-order valence-electron chi connectivity index (χ4n) is 4.85. The quantitative estimate of drug-likeness (QED) is 0.927. The van der Waals surface area contributed by atoms with Gasteiger partial charge in [0.05, 0.1) is 13.0 Å². The molecule has 0 saturated heterocycles. The lowest BCUT2D eigenvalue weighted by Gasteiger charge is -2.28. The Labute approximate surface area is 132 Å². The SMILES string of the molecule is CC(NC(=O)Cc1ccc2c(c1)CCO2)C1CC2CCC1C2. The van der Waals surface area contributed by atoms with E-state index in [4.69, 9.17) is 4.74 Å². The van der Waals surface area contributed by atoms with E-state index in [2.05, 4.69) is 18.3 Å². The second kappa shape index (κ2) is 5.60. The smallest absolute Gasteiger partial charge is 0.224 e. The Bertz CT molecular complexity index is 583. The van der Waals surface area contributed by atoms with Crippen LogP contribution in [0.3, 0.4) is 0 Å². The number of amides is 1. The fraction of sp³-hybridized carbons (Fsp3) is 0.632. The number of ether oxygens (including phenoxy) is 1. The van der Waals surface area contributed by atoms with Crippen molar-refractivity contribution in [2.45, 2.75) is 51.5 Å². The molecular weight excluding hydrogens is 274 g/mol. The molecule has 1 aromatic carbocycles. The Morgan fingerprint density at radius 2 is 2.27 bits per heavy atom. The summed E-state index contributed by atoms with van der Waals surface area (Å²) in [7, 11) is 0. The second-order valence-electron chi connectivity index (χ2n) is 7.41. The molecule has 4 rings (SSSR count). The number of benzene rings is 1. The Kier molecular flexibility index (Phi) is 3.59. The first-order valence-corrected chi connectivity index (χ1v) is 8.73. The lowest BCUT2D eigenvalue weighted by molar-refractivity contribution is -0.121. The Morgan fingerprint density at radius 1 is 1.36 bits per heavy atom. The standard InChI is InChI=1S/C19H25NO2/c1-12(17-10-13-2-4-15(17)8-13)20-19(21)11-14-3-5-18-16(9-14)6-7-22-18/h3,5,9,12-13,15,17H,2,4,6-8,10-11H2,1H3,(H,20,21). The monoisotopic (exact) mass is 299 g/mol. The van der Waals surface area contributed by atoms with Crippen molar-refractivity contribution in [2.24, 2.45) is 17.8 Å². The first kappa shape index (κ1) is 14.1. The lowest BCUT2D eigenvalue weighted by Crippen LogP contribution is -2.40. The van der Waals surface area contributed by atoms with Crippen LogP contribution < -0.4 is 10.1 Å². The number of hydrogen-bond acceptors (Lipinski definition) is 2. The van der Waals surface area contributed by atoms with Crippen LogP contribution in [0, 0.1) is 17.8 Å². The van der Waals surface area contributed by atoms with Gasteiger partial charge in [0, 0.05) is 12.5 Å². The van der Waals surface area contributed by atoms with Crippen molar-refractivity contribution >= 4 is 5.91 Å². The third-order valence-corrected chi connectivity index (χ3v) is 5.94. The summed E-state index contributed by atoms with van der Waals surface area (Å²) in [5.41, 5.74) is 2.34. The molecule has 3 heteroatoms. The predicted octanol–water partition coefficient (Wildman–Crippen LogP) is 3.10. The van der Waals surface area contributed by atoms with Crippen molar-refractivity contribution in [2.75, 3.05) is 6.61 Å². The summed E-state index contributed by atoms with van der Waals surface area (Å²) in [5.74, 6) is 3.65. The van der Waals surface area contributed by atoms with Crippen LogP contribution in [0.25, 0.3) is 0 Å². The molecule has 1 N–H and O–H groups in total. The fourth-order valence-corrected chi connectivity index (χ4v) is 4.85. The molecule has 2 bridgehead atoms. The molecule has 4 unspecified atom stereocenters. The van der Waals surface area contributed by atoms with Crippen LogP contribution in [0.1, 0.15) is 43.7 Å². The van der Waals surface area contributed by atoms with Gasteiger partial charge in [0.1, 0.15) is 5.75 Å². The first-order valence-electron chi connectivity index (χ1n) is 8.73. The summed E-state index contributed by atoms with van der Waals surface area (Å²) in [6.07, 6.45) is 6.96. The molecule has 2 aliphatic carbocycles. The molecule has 118 valence electrons. The number of hydrogen-bond donors (Lipinski definition) is 1. The van der Waals surface area contributed by atoms with Gasteiger partial charge in [-0.3, -0.25) is 4.79 Å². The highest BCUT2D eigenvalue weighted by Crippen LogP contribution is 2.49. The molecule has 2 saturated carbocycles. The molecule has 3 nitrogen and oxygen atoms in total. The number of carbonyl (C=O) groups excluding carboxylic acids is 1. The molecule has 0 spiro atoms. The Hall–Kier alpha value is -1.51. The van der Waals surface area contributed by atoms with Crippen LogP contribution in [0.5, 0.6) is 5.75 Å². The summed E-state index contributed by atoms with van der Waals surface area (Å²) in [6, 6.07) is 6.47. The van der Waals surface area contributed by atoms with Crippen molar-refractivity contribution in [1.29, 1.82) is 0 Å². The minimum atomic E-state index is 0.161. The van der Waals surface area contributed by atoms with Gasteiger partial charge in [-0.1, -0.05) is 18.6 Å². The molecule has 2 fully saturated rings. The highest BCUT2D eigenvalue weighted by Gasteiger charge is 2.42. The summed E-state index contributed by atoms with van der Waals surface area (Å²) >= 11 is 0. The zero-order valence-corrected chi connectivity index (χ0v) is 13.3. The van der Waals surface area contributed by atoms with Crippen molar-refractivity contribution in [3.63, 3.8) is 0 Å². The Balaban J connectivity index is 1.34. The van der Waals surface area contributed by atoms with E-state index in [1.807, 2.05) is 12.1 Å². The van der Waals surface area contributed by atoms with Gasteiger partial charge in [-0.2, -0.15) is 0 Å². The average molecular weight is 299 g/mol. The molecule has 3 aliphatic rings. The predicted molar refractivity (Wildman–Crippen MR) is 85.9 cm³/mol. The highest BCUT2D eigenvalue weighted by molar-refractivity contribution is 5.79. The maximum atomic E-state index is 12.3. The molecular formula is C19H25NO2. The summed E-state index contributed by atoms with van der Waals surface area (Å²) in [5, 5.41) is 3.25. The van der Waals surface area contributed by atoms with Gasteiger partial charge in [-0.25, -0.2) is 0 Å². The van der Waals surface area contributed by atoms with E-state index in [-0.39, 0.29) is 5.91 Å². The van der Waals surface area contributed by atoms with E-state index in [0.717, 1.165) is 36.2 Å².